The molecule has 1 aliphatic heterocycles. The maximum atomic E-state index is 11.0. The number of aliphatic imine (C=N–C) groups is 1. The molecule has 8 heteroatoms. The molecule has 0 saturated carbocycles. The van der Waals surface area contributed by atoms with Gasteiger partial charge in [0, 0.05) is 12.6 Å². The van der Waals surface area contributed by atoms with Crippen molar-refractivity contribution >= 4 is 18.2 Å². The van der Waals surface area contributed by atoms with Gasteiger partial charge in [-0.25, -0.2) is 15.0 Å². The Hall–Kier alpha value is -3.91. The Kier molecular flexibility index (Phi) is 6.62. The van der Waals surface area contributed by atoms with Gasteiger partial charge in [0.15, 0.2) is 0 Å². The van der Waals surface area contributed by atoms with Crippen molar-refractivity contribution in [1.82, 2.24) is 15.7 Å². The first-order valence-corrected chi connectivity index (χ1v) is 10.4. The molecular weight excluding hydrogens is 406 g/mol. The van der Waals surface area contributed by atoms with Crippen molar-refractivity contribution in [2.45, 2.75) is 19.5 Å². The van der Waals surface area contributed by atoms with Crippen LogP contribution in [0.15, 0.2) is 71.9 Å². The Bertz CT molecular complexity index is 1100. The molecule has 0 saturated heterocycles. The number of benzene rings is 2. The molecule has 2 heterocycles. The summed E-state index contributed by atoms with van der Waals surface area (Å²) in [5.74, 6) is 1.79. The molecule has 4 rings (SSSR count). The van der Waals surface area contributed by atoms with Crippen LogP contribution in [0.4, 0.5) is 5.82 Å². The van der Waals surface area contributed by atoms with E-state index >= 15 is 0 Å². The monoisotopic (exact) mass is 431 g/mol. The molecule has 0 radical (unpaired) electrons. The third-order valence-electron chi connectivity index (χ3n) is 5.20. The van der Waals surface area contributed by atoms with E-state index in [0.717, 1.165) is 28.0 Å². The molecule has 0 spiro atoms. The number of hydrogen-bond acceptors (Lipinski definition) is 7. The zero-order valence-corrected chi connectivity index (χ0v) is 17.7. The molecule has 3 aromatic rings. The number of aromatic nitrogens is 1. The Morgan fingerprint density at radius 2 is 2.03 bits per heavy atom. The summed E-state index contributed by atoms with van der Waals surface area (Å²) in [6.07, 6.45) is 2.72. The minimum absolute atomic E-state index is 0.0380. The molecular formula is C24H25N5O3. The molecule has 0 bridgehead atoms. The maximum Gasteiger partial charge on any atom is 0.219 e. The zero-order chi connectivity index (χ0) is 22.3. The van der Waals surface area contributed by atoms with E-state index in [1.54, 1.807) is 6.20 Å². The Morgan fingerprint density at radius 3 is 2.81 bits per heavy atom. The van der Waals surface area contributed by atoms with Crippen molar-refractivity contribution in [2.75, 3.05) is 18.2 Å². The highest BCUT2D eigenvalue weighted by Crippen LogP contribution is 2.32. The second kappa shape index (κ2) is 9.93. The van der Waals surface area contributed by atoms with Gasteiger partial charge in [-0.15, -0.1) is 0 Å². The number of hydrazine groups is 1. The molecule has 1 aromatic heterocycles. The Morgan fingerprint density at radius 1 is 1.19 bits per heavy atom. The number of pyridine rings is 1. The van der Waals surface area contributed by atoms with Gasteiger partial charge < -0.3 is 9.84 Å². The molecule has 1 atom stereocenters. The van der Waals surface area contributed by atoms with Crippen LogP contribution in [-0.2, 0) is 11.2 Å². The van der Waals surface area contributed by atoms with E-state index in [4.69, 9.17) is 9.84 Å². The smallest absolute Gasteiger partial charge is 0.219 e. The summed E-state index contributed by atoms with van der Waals surface area (Å²) in [6.45, 7) is 2.20. The van der Waals surface area contributed by atoms with Crippen LogP contribution in [0.1, 0.15) is 11.1 Å². The van der Waals surface area contributed by atoms with Gasteiger partial charge in [-0.05, 0) is 47.4 Å². The number of anilines is 1. The molecule has 0 fully saturated rings. The largest absolute Gasteiger partial charge is 0.491 e. The lowest BCUT2D eigenvalue weighted by atomic mass is 10.0. The predicted octanol–water partition coefficient (Wildman–Crippen LogP) is 2.42. The predicted molar refractivity (Wildman–Crippen MR) is 123 cm³/mol. The fourth-order valence-corrected chi connectivity index (χ4v) is 3.68. The van der Waals surface area contributed by atoms with Gasteiger partial charge in [-0.2, -0.15) is 0 Å². The highest BCUT2D eigenvalue weighted by Gasteiger charge is 2.28. The average Bonchev–Trinajstić information content (AvgIpc) is 3.21. The number of amides is 1. The van der Waals surface area contributed by atoms with Gasteiger partial charge in [0.1, 0.15) is 24.3 Å². The molecule has 1 aliphatic rings. The van der Waals surface area contributed by atoms with Crippen LogP contribution >= 0.6 is 0 Å². The van der Waals surface area contributed by atoms with Crippen LogP contribution in [0, 0.1) is 6.92 Å². The summed E-state index contributed by atoms with van der Waals surface area (Å²) in [7, 11) is 0. The molecule has 164 valence electrons. The van der Waals surface area contributed by atoms with Crippen molar-refractivity contribution in [1.29, 1.82) is 0 Å². The molecule has 2 aromatic carbocycles. The standard InChI is InChI=1S/C24H25N5O3/c1-17-20(8-5-9-21(17)32-13-12-30)19-10-11-25-22(15-19)29-23(27-24(28-29)26-16-31)14-18-6-3-2-4-7-18/h2-11,15-16,23,30H,12-14H2,1H3,(H2,26,27,28,31). The van der Waals surface area contributed by atoms with Gasteiger partial charge in [0.2, 0.25) is 12.4 Å². The minimum Gasteiger partial charge on any atom is -0.491 e. The van der Waals surface area contributed by atoms with E-state index in [0.29, 0.717) is 24.6 Å². The summed E-state index contributed by atoms with van der Waals surface area (Å²) in [4.78, 5) is 20.1. The van der Waals surface area contributed by atoms with Crippen molar-refractivity contribution in [3.8, 4) is 16.9 Å². The molecule has 3 N–H and O–H groups in total. The molecule has 32 heavy (non-hydrogen) atoms. The lowest BCUT2D eigenvalue weighted by Gasteiger charge is -2.24. The molecule has 8 nitrogen and oxygen atoms in total. The SMILES string of the molecule is Cc1c(OCCO)cccc1-c1ccnc(N2NC(NC=O)=NC2Cc2ccccc2)c1. The van der Waals surface area contributed by atoms with E-state index < -0.39 is 0 Å². The number of carbonyl (C=O) groups is 1. The third-order valence-corrected chi connectivity index (χ3v) is 5.20. The van der Waals surface area contributed by atoms with Crippen LogP contribution in [0.25, 0.3) is 11.1 Å². The molecule has 1 unspecified atom stereocenters. The number of hydrogen-bond donors (Lipinski definition) is 3. The lowest BCUT2D eigenvalue weighted by molar-refractivity contribution is -0.108. The first-order valence-electron chi connectivity index (χ1n) is 10.4. The Labute approximate surface area is 186 Å². The van der Waals surface area contributed by atoms with Crippen LogP contribution in [0.3, 0.4) is 0 Å². The van der Waals surface area contributed by atoms with Crippen molar-refractivity contribution in [2.24, 2.45) is 4.99 Å². The molecule has 1 amide bonds. The van der Waals surface area contributed by atoms with Crippen LogP contribution < -0.4 is 20.5 Å². The van der Waals surface area contributed by atoms with Crippen molar-refractivity contribution in [3.05, 3.63) is 78.0 Å². The number of carbonyl (C=O) groups excluding carboxylic acids is 1. The lowest BCUT2D eigenvalue weighted by Crippen LogP contribution is -2.46. The fourth-order valence-electron chi connectivity index (χ4n) is 3.68. The van der Waals surface area contributed by atoms with E-state index in [2.05, 4.69) is 20.7 Å². The van der Waals surface area contributed by atoms with Gasteiger partial charge in [0.05, 0.1) is 6.61 Å². The highest BCUT2D eigenvalue weighted by molar-refractivity contribution is 5.91. The highest BCUT2D eigenvalue weighted by atomic mass is 16.5. The summed E-state index contributed by atoms with van der Waals surface area (Å²) < 4.78 is 5.65. The fraction of sp³-hybridized carbons (Fsp3) is 0.208. The summed E-state index contributed by atoms with van der Waals surface area (Å²) >= 11 is 0. The van der Waals surface area contributed by atoms with Gasteiger partial charge in [-0.3, -0.25) is 15.5 Å². The number of ether oxygens (including phenoxy) is 1. The van der Waals surface area contributed by atoms with Gasteiger partial charge >= 0.3 is 0 Å². The summed E-state index contributed by atoms with van der Waals surface area (Å²) in [5, 5.41) is 13.5. The van der Waals surface area contributed by atoms with E-state index in [1.165, 1.54) is 0 Å². The van der Waals surface area contributed by atoms with E-state index in [-0.39, 0.29) is 19.4 Å². The number of nitrogens with zero attached hydrogens (tertiary/aromatic N) is 3. The second-order valence-electron chi connectivity index (χ2n) is 7.30. The average molecular weight is 431 g/mol. The summed E-state index contributed by atoms with van der Waals surface area (Å²) in [5.41, 5.74) is 7.22. The number of nitrogens with one attached hydrogen (secondary N) is 2. The van der Waals surface area contributed by atoms with Gasteiger partial charge in [-0.1, -0.05) is 42.5 Å². The van der Waals surface area contributed by atoms with E-state index in [9.17, 15) is 4.79 Å². The number of guanidine groups is 1. The first-order chi connectivity index (χ1) is 15.7. The van der Waals surface area contributed by atoms with Crippen LogP contribution in [0.5, 0.6) is 5.75 Å². The minimum atomic E-state index is -0.275. The second-order valence-corrected chi connectivity index (χ2v) is 7.30. The maximum absolute atomic E-state index is 11.0. The van der Waals surface area contributed by atoms with Gasteiger partial charge in [0.25, 0.3) is 0 Å². The topological polar surface area (TPSA) is 99.1 Å². The van der Waals surface area contributed by atoms with E-state index in [1.807, 2.05) is 72.6 Å². The van der Waals surface area contributed by atoms with Crippen molar-refractivity contribution < 1.29 is 14.6 Å². The Balaban J connectivity index is 1.64. The first kappa shape index (κ1) is 21.3. The third kappa shape index (κ3) is 4.70. The normalized spacial score (nSPS) is 15.1. The number of rotatable bonds is 8. The van der Waals surface area contributed by atoms with Crippen LogP contribution in [-0.4, -0.2) is 41.8 Å². The zero-order valence-electron chi connectivity index (χ0n) is 17.7. The van der Waals surface area contributed by atoms with Crippen LogP contribution in [0.2, 0.25) is 0 Å². The summed E-state index contributed by atoms with van der Waals surface area (Å²) in [6, 6.07) is 19.8. The quantitative estimate of drug-likeness (QED) is 0.474. The number of aliphatic hydroxyl groups excluding tert-OH is 1. The molecule has 0 aliphatic carbocycles. The number of aliphatic hydroxyl groups is 1. The van der Waals surface area contributed by atoms with Crippen molar-refractivity contribution in [3.63, 3.8) is 0 Å².